The lowest BCUT2D eigenvalue weighted by Crippen LogP contribution is -2.14. The number of carbonyl (C=O) groups is 2. The van der Waals surface area contributed by atoms with Crippen LogP contribution in [0, 0.1) is 0 Å². The molecule has 0 unspecified atom stereocenters. The maximum atomic E-state index is 11.8. The highest BCUT2D eigenvalue weighted by Crippen LogP contribution is 2.12. The molecule has 0 aliphatic rings. The number of esters is 1. The molecule has 5 heteroatoms. The van der Waals surface area contributed by atoms with Crippen LogP contribution in [-0.2, 0) is 16.0 Å². The minimum absolute atomic E-state index is 0.0743. The molecular weight excluding hydrogens is 286 g/mol. The maximum absolute atomic E-state index is 11.8. The van der Waals surface area contributed by atoms with E-state index in [0.717, 1.165) is 12.0 Å². The summed E-state index contributed by atoms with van der Waals surface area (Å²) in [6.07, 6.45) is 1.15. The van der Waals surface area contributed by atoms with Gasteiger partial charge >= 0.3 is 5.97 Å². The van der Waals surface area contributed by atoms with Gasteiger partial charge in [-0.05, 0) is 53.1 Å². The molecule has 1 amide bonds. The first-order valence-electron chi connectivity index (χ1n) is 6.77. The van der Waals surface area contributed by atoms with Gasteiger partial charge in [-0.15, -0.1) is 0 Å². The first-order chi connectivity index (χ1) is 10.2. The summed E-state index contributed by atoms with van der Waals surface area (Å²) >= 11 is 1.57. The molecule has 2 rings (SSSR count). The number of amides is 1. The standard InChI is InChI=1S/C16H17NO3S/c1-2-8-20-16(19)13-3-5-14(6-4-13)17-15(18)10-12-7-9-21-11-12/h3-7,9,11H,2,8,10H2,1H3,(H,17,18). The first-order valence-corrected chi connectivity index (χ1v) is 7.71. The van der Waals surface area contributed by atoms with Crippen molar-refractivity contribution in [3.05, 3.63) is 52.2 Å². The highest BCUT2D eigenvalue weighted by molar-refractivity contribution is 7.08. The van der Waals surface area contributed by atoms with Crippen LogP contribution in [0.2, 0.25) is 0 Å². The van der Waals surface area contributed by atoms with Gasteiger partial charge in [0.05, 0.1) is 18.6 Å². The largest absolute Gasteiger partial charge is 0.462 e. The van der Waals surface area contributed by atoms with Gasteiger partial charge in [0.2, 0.25) is 5.91 Å². The van der Waals surface area contributed by atoms with Crippen LogP contribution in [0.1, 0.15) is 29.3 Å². The lowest BCUT2D eigenvalue weighted by atomic mass is 10.2. The molecule has 0 radical (unpaired) electrons. The van der Waals surface area contributed by atoms with Crippen molar-refractivity contribution in [1.29, 1.82) is 0 Å². The molecule has 1 aromatic heterocycles. The summed E-state index contributed by atoms with van der Waals surface area (Å²) in [5, 5.41) is 6.70. The van der Waals surface area contributed by atoms with E-state index >= 15 is 0 Å². The van der Waals surface area contributed by atoms with Crippen LogP contribution in [0.5, 0.6) is 0 Å². The van der Waals surface area contributed by atoms with Crippen molar-refractivity contribution < 1.29 is 14.3 Å². The zero-order chi connectivity index (χ0) is 15.1. The quantitative estimate of drug-likeness (QED) is 0.831. The second-order valence-corrected chi connectivity index (χ2v) is 5.35. The Morgan fingerprint density at radius 2 is 1.95 bits per heavy atom. The number of hydrogen-bond acceptors (Lipinski definition) is 4. The smallest absolute Gasteiger partial charge is 0.338 e. The third-order valence-electron chi connectivity index (χ3n) is 2.79. The molecule has 1 N–H and O–H groups in total. The number of hydrogen-bond donors (Lipinski definition) is 1. The minimum atomic E-state index is -0.340. The molecule has 1 heterocycles. The summed E-state index contributed by atoms with van der Waals surface area (Å²) < 4.78 is 5.04. The average molecular weight is 303 g/mol. The average Bonchev–Trinajstić information content (AvgIpc) is 2.98. The Hall–Kier alpha value is -2.14. The Balaban J connectivity index is 1.90. The first kappa shape index (κ1) is 15.3. The van der Waals surface area contributed by atoms with Crippen molar-refractivity contribution in [3.8, 4) is 0 Å². The van der Waals surface area contributed by atoms with Crippen molar-refractivity contribution in [3.63, 3.8) is 0 Å². The van der Waals surface area contributed by atoms with Crippen LogP contribution >= 0.6 is 11.3 Å². The zero-order valence-corrected chi connectivity index (χ0v) is 12.6. The lowest BCUT2D eigenvalue weighted by Gasteiger charge is -2.06. The Bertz CT molecular complexity index is 590. The molecule has 0 fully saturated rings. The molecule has 4 nitrogen and oxygen atoms in total. The third-order valence-corrected chi connectivity index (χ3v) is 3.52. The fourth-order valence-electron chi connectivity index (χ4n) is 1.75. The second kappa shape index (κ2) is 7.59. The lowest BCUT2D eigenvalue weighted by molar-refractivity contribution is -0.115. The summed E-state index contributed by atoms with van der Waals surface area (Å²) in [5.74, 6) is -0.414. The Kier molecular flexibility index (Phi) is 5.51. The van der Waals surface area contributed by atoms with Crippen LogP contribution < -0.4 is 5.32 Å². The summed E-state index contributed by atoms with van der Waals surface area (Å²) in [6.45, 7) is 2.36. The molecule has 110 valence electrons. The normalized spacial score (nSPS) is 10.1. The van der Waals surface area contributed by atoms with Crippen LogP contribution in [0.3, 0.4) is 0 Å². The Labute approximate surface area is 127 Å². The Morgan fingerprint density at radius 3 is 2.57 bits per heavy atom. The van der Waals surface area contributed by atoms with E-state index in [1.165, 1.54) is 0 Å². The summed E-state index contributed by atoms with van der Waals surface area (Å²) in [4.78, 5) is 23.5. The van der Waals surface area contributed by atoms with Gasteiger partial charge in [-0.1, -0.05) is 6.92 Å². The summed E-state index contributed by atoms with van der Waals surface area (Å²) in [5.41, 5.74) is 2.15. The van der Waals surface area contributed by atoms with E-state index in [-0.39, 0.29) is 11.9 Å². The van der Waals surface area contributed by atoms with E-state index in [9.17, 15) is 9.59 Å². The third kappa shape index (κ3) is 4.72. The fraction of sp³-hybridized carbons (Fsp3) is 0.250. The topological polar surface area (TPSA) is 55.4 Å². The number of thiophene rings is 1. The van der Waals surface area contributed by atoms with Crippen molar-refractivity contribution >= 4 is 28.9 Å². The predicted molar refractivity (Wildman–Crippen MR) is 83.7 cm³/mol. The predicted octanol–water partition coefficient (Wildman–Crippen LogP) is 3.50. The number of carbonyl (C=O) groups excluding carboxylic acids is 2. The number of benzene rings is 1. The van der Waals surface area contributed by atoms with E-state index in [1.807, 2.05) is 23.8 Å². The molecule has 0 aliphatic carbocycles. The van der Waals surface area contributed by atoms with Crippen LogP contribution in [0.15, 0.2) is 41.1 Å². The summed E-state index contributed by atoms with van der Waals surface area (Å²) in [6, 6.07) is 8.63. The number of anilines is 1. The summed E-state index contributed by atoms with van der Waals surface area (Å²) in [7, 11) is 0. The van der Waals surface area contributed by atoms with Crippen molar-refractivity contribution in [2.45, 2.75) is 19.8 Å². The number of ether oxygens (including phenoxy) is 1. The van der Waals surface area contributed by atoms with E-state index in [1.54, 1.807) is 35.6 Å². The molecule has 0 aliphatic heterocycles. The second-order valence-electron chi connectivity index (χ2n) is 4.57. The molecule has 1 aromatic carbocycles. The van der Waals surface area contributed by atoms with E-state index in [0.29, 0.717) is 24.3 Å². The molecular formula is C16H17NO3S. The molecule has 0 saturated carbocycles. The van der Waals surface area contributed by atoms with Crippen molar-refractivity contribution in [2.24, 2.45) is 0 Å². The van der Waals surface area contributed by atoms with Crippen LogP contribution in [0.4, 0.5) is 5.69 Å². The van der Waals surface area contributed by atoms with Crippen LogP contribution in [0.25, 0.3) is 0 Å². The molecule has 2 aromatic rings. The maximum Gasteiger partial charge on any atom is 0.338 e. The Morgan fingerprint density at radius 1 is 1.19 bits per heavy atom. The van der Waals surface area contributed by atoms with Crippen LogP contribution in [-0.4, -0.2) is 18.5 Å². The van der Waals surface area contributed by atoms with E-state index < -0.39 is 0 Å². The fourth-order valence-corrected chi connectivity index (χ4v) is 2.42. The molecule has 0 spiro atoms. The van der Waals surface area contributed by atoms with Crippen molar-refractivity contribution in [1.82, 2.24) is 0 Å². The number of nitrogens with one attached hydrogen (secondary N) is 1. The van der Waals surface area contributed by atoms with E-state index in [2.05, 4.69) is 5.32 Å². The van der Waals surface area contributed by atoms with Crippen molar-refractivity contribution in [2.75, 3.05) is 11.9 Å². The monoisotopic (exact) mass is 303 g/mol. The van der Waals surface area contributed by atoms with E-state index in [4.69, 9.17) is 4.74 Å². The van der Waals surface area contributed by atoms with Gasteiger partial charge in [-0.3, -0.25) is 4.79 Å². The highest BCUT2D eigenvalue weighted by atomic mass is 32.1. The molecule has 0 saturated heterocycles. The van der Waals surface area contributed by atoms with Gasteiger partial charge in [0.15, 0.2) is 0 Å². The van der Waals surface area contributed by atoms with Gasteiger partial charge in [0, 0.05) is 5.69 Å². The molecule has 0 bridgehead atoms. The zero-order valence-electron chi connectivity index (χ0n) is 11.8. The SMILES string of the molecule is CCCOC(=O)c1ccc(NC(=O)Cc2ccsc2)cc1. The van der Waals surface area contributed by atoms with Gasteiger partial charge in [-0.2, -0.15) is 11.3 Å². The minimum Gasteiger partial charge on any atom is -0.462 e. The molecule has 0 atom stereocenters. The van der Waals surface area contributed by atoms with Gasteiger partial charge in [-0.25, -0.2) is 4.79 Å². The molecule has 21 heavy (non-hydrogen) atoms. The van der Waals surface area contributed by atoms with Gasteiger partial charge in [0.25, 0.3) is 0 Å². The van der Waals surface area contributed by atoms with Gasteiger partial charge in [0.1, 0.15) is 0 Å². The number of rotatable bonds is 6. The van der Waals surface area contributed by atoms with Gasteiger partial charge < -0.3 is 10.1 Å². The highest BCUT2D eigenvalue weighted by Gasteiger charge is 2.08.